The third kappa shape index (κ3) is 3.38. The summed E-state index contributed by atoms with van der Waals surface area (Å²) >= 11 is 3.91. The molecule has 10 rings (SSSR count). The molecule has 5 aromatic carbocycles. The van der Waals surface area contributed by atoms with E-state index in [4.69, 9.17) is 4.42 Å². The Morgan fingerprint density at radius 2 is 1.36 bits per heavy atom. The number of nitrogens with zero attached hydrogens (tertiary/aromatic N) is 3. The summed E-state index contributed by atoms with van der Waals surface area (Å²) in [6.07, 6.45) is 6.93. The number of allylic oxidation sites excluding steroid dienone is 1. The highest BCUT2D eigenvalue weighted by atomic mass is 32.1. The number of fused-ring (bicyclic) bond motifs is 12. The van der Waals surface area contributed by atoms with Crippen LogP contribution in [-0.2, 0) is 6.42 Å². The van der Waals surface area contributed by atoms with E-state index < -0.39 is 0 Å². The zero-order valence-corrected chi connectivity index (χ0v) is 25.1. The minimum Gasteiger partial charge on any atom is -0.416 e. The molecule has 208 valence electrons. The number of aryl methyl sites for hydroxylation is 1. The molecule has 0 unspecified atom stereocenters. The van der Waals surface area contributed by atoms with Crippen molar-refractivity contribution in [3.05, 3.63) is 120 Å². The summed E-state index contributed by atoms with van der Waals surface area (Å²) in [7, 11) is 0. The number of benzene rings is 5. The Bertz CT molecular complexity index is 2600. The molecular formula is C38H23N3OS2. The van der Waals surface area contributed by atoms with Gasteiger partial charge in [-0.25, -0.2) is 0 Å². The van der Waals surface area contributed by atoms with Gasteiger partial charge in [0, 0.05) is 58.0 Å². The van der Waals surface area contributed by atoms with E-state index in [2.05, 4.69) is 99.7 Å². The molecule has 4 aromatic heterocycles. The van der Waals surface area contributed by atoms with Crippen LogP contribution in [-0.4, -0.2) is 14.8 Å². The molecule has 0 aliphatic heterocycles. The lowest BCUT2D eigenvalue weighted by atomic mass is 9.97. The number of para-hydroxylation sites is 1. The summed E-state index contributed by atoms with van der Waals surface area (Å²) in [5.41, 5.74) is 6.83. The SMILES string of the molecule is C1=Cc2c(sc3c2c2c4ccccc4n(-c4ccc(-c5nnc(-c6ccccc6)o5)cc4)c2c2sc4ccccc4c32)CC1. The number of hydrogen-bond donors (Lipinski definition) is 0. The number of hydrogen-bond acceptors (Lipinski definition) is 5. The predicted molar refractivity (Wildman–Crippen MR) is 185 cm³/mol. The molecule has 0 saturated heterocycles. The zero-order valence-electron chi connectivity index (χ0n) is 23.5. The summed E-state index contributed by atoms with van der Waals surface area (Å²) in [6, 6.07) is 36.2. The molecule has 44 heavy (non-hydrogen) atoms. The molecule has 1 aliphatic rings. The maximum atomic E-state index is 6.08. The monoisotopic (exact) mass is 601 g/mol. The van der Waals surface area contributed by atoms with Crippen LogP contribution in [0.15, 0.2) is 114 Å². The van der Waals surface area contributed by atoms with Crippen molar-refractivity contribution in [1.29, 1.82) is 0 Å². The van der Waals surface area contributed by atoms with Crippen molar-refractivity contribution < 1.29 is 4.42 Å². The Morgan fingerprint density at radius 1 is 0.636 bits per heavy atom. The third-order valence-electron chi connectivity index (χ3n) is 8.83. The van der Waals surface area contributed by atoms with Crippen molar-refractivity contribution in [2.24, 2.45) is 0 Å². The Labute approximate surface area is 260 Å². The predicted octanol–water partition coefficient (Wildman–Crippen LogP) is 11.0. The van der Waals surface area contributed by atoms with Crippen LogP contribution in [0, 0.1) is 0 Å². The van der Waals surface area contributed by atoms with Crippen LogP contribution in [0.1, 0.15) is 16.9 Å². The van der Waals surface area contributed by atoms with E-state index in [9.17, 15) is 0 Å². The minimum absolute atomic E-state index is 0.517. The van der Waals surface area contributed by atoms with Crippen LogP contribution in [0.2, 0.25) is 0 Å². The van der Waals surface area contributed by atoms with Gasteiger partial charge < -0.3 is 8.98 Å². The van der Waals surface area contributed by atoms with Crippen molar-refractivity contribution in [3.8, 4) is 28.6 Å². The number of rotatable bonds is 3. The standard InChI is InChI=1S/C38H23N3OS2/c1-2-10-22(11-3-1)37-39-40-38(42-37)23-18-20-24(21-19-23)41-28-15-7-4-12-25(28)31-32-26-13-5-8-16-29(26)43-35(32)33-27-14-6-9-17-30(27)44-36(33)34(31)41/h1-7,9-15,17-21H,8,16H2. The van der Waals surface area contributed by atoms with Gasteiger partial charge in [0.2, 0.25) is 11.8 Å². The quantitative estimate of drug-likeness (QED) is 0.202. The van der Waals surface area contributed by atoms with Gasteiger partial charge in [0.05, 0.1) is 15.7 Å². The molecule has 0 spiro atoms. The van der Waals surface area contributed by atoms with Crippen LogP contribution in [0.4, 0.5) is 0 Å². The summed E-state index contributed by atoms with van der Waals surface area (Å²) in [4.78, 5) is 1.50. The third-order valence-corrected chi connectivity index (χ3v) is 11.3. The number of thiophene rings is 2. The van der Waals surface area contributed by atoms with E-state index in [1.54, 1.807) is 0 Å². The Balaban J connectivity index is 1.27. The van der Waals surface area contributed by atoms with E-state index in [0.717, 1.165) is 29.7 Å². The zero-order chi connectivity index (χ0) is 28.8. The highest BCUT2D eigenvalue weighted by Crippen LogP contribution is 2.52. The van der Waals surface area contributed by atoms with Crippen LogP contribution in [0.5, 0.6) is 0 Å². The van der Waals surface area contributed by atoms with Gasteiger partial charge in [0.1, 0.15) is 0 Å². The molecule has 4 heterocycles. The van der Waals surface area contributed by atoms with Gasteiger partial charge in [0.25, 0.3) is 0 Å². The first-order valence-electron chi connectivity index (χ1n) is 14.8. The Hall–Kier alpha value is -5.04. The highest BCUT2D eigenvalue weighted by molar-refractivity contribution is 7.28. The fourth-order valence-corrected chi connectivity index (χ4v) is 9.59. The second kappa shape index (κ2) is 9.23. The molecule has 9 aromatic rings. The van der Waals surface area contributed by atoms with Gasteiger partial charge in [-0.15, -0.1) is 32.9 Å². The first kappa shape index (κ1) is 24.4. The van der Waals surface area contributed by atoms with Crippen LogP contribution < -0.4 is 0 Å². The molecular weight excluding hydrogens is 579 g/mol. The number of aromatic nitrogens is 3. The fourth-order valence-electron chi connectivity index (χ4n) is 6.90. The second-order valence-corrected chi connectivity index (χ2v) is 13.4. The minimum atomic E-state index is 0.517. The average Bonchev–Trinajstić information content (AvgIpc) is 3.87. The van der Waals surface area contributed by atoms with Crippen molar-refractivity contribution in [2.75, 3.05) is 0 Å². The van der Waals surface area contributed by atoms with Crippen molar-refractivity contribution >= 4 is 80.8 Å². The van der Waals surface area contributed by atoms with Gasteiger partial charge in [-0.05, 0) is 66.9 Å². The van der Waals surface area contributed by atoms with E-state index in [1.165, 1.54) is 62.5 Å². The van der Waals surface area contributed by atoms with Gasteiger partial charge in [-0.2, -0.15) is 0 Å². The molecule has 0 fully saturated rings. The van der Waals surface area contributed by atoms with Gasteiger partial charge in [0.15, 0.2) is 0 Å². The normalized spacial score (nSPS) is 13.2. The van der Waals surface area contributed by atoms with Gasteiger partial charge in [-0.1, -0.05) is 66.7 Å². The summed E-state index contributed by atoms with van der Waals surface area (Å²) in [6.45, 7) is 0. The van der Waals surface area contributed by atoms with Crippen molar-refractivity contribution in [3.63, 3.8) is 0 Å². The van der Waals surface area contributed by atoms with Gasteiger partial charge in [-0.3, -0.25) is 0 Å². The van der Waals surface area contributed by atoms with Crippen LogP contribution in [0.3, 0.4) is 0 Å². The van der Waals surface area contributed by atoms with E-state index in [0.29, 0.717) is 11.8 Å². The lowest BCUT2D eigenvalue weighted by Crippen LogP contribution is -1.94. The average molecular weight is 602 g/mol. The fraction of sp³-hybridized carbons (Fsp3) is 0.0526. The first-order valence-corrected chi connectivity index (χ1v) is 16.4. The van der Waals surface area contributed by atoms with E-state index in [1.807, 2.05) is 53.0 Å². The topological polar surface area (TPSA) is 43.9 Å². The summed E-state index contributed by atoms with van der Waals surface area (Å²) in [5, 5.41) is 15.5. The van der Waals surface area contributed by atoms with E-state index >= 15 is 0 Å². The maximum Gasteiger partial charge on any atom is 0.248 e. The van der Waals surface area contributed by atoms with Crippen molar-refractivity contribution in [2.45, 2.75) is 12.8 Å². The molecule has 0 atom stereocenters. The lowest BCUT2D eigenvalue weighted by molar-refractivity contribution is 0.584. The molecule has 0 radical (unpaired) electrons. The Morgan fingerprint density at radius 3 is 2.20 bits per heavy atom. The lowest BCUT2D eigenvalue weighted by Gasteiger charge is -2.10. The molecule has 6 heteroatoms. The smallest absolute Gasteiger partial charge is 0.248 e. The maximum absolute atomic E-state index is 6.08. The van der Waals surface area contributed by atoms with Crippen LogP contribution in [0.25, 0.3) is 86.7 Å². The molecule has 0 N–H and O–H groups in total. The van der Waals surface area contributed by atoms with Crippen molar-refractivity contribution in [1.82, 2.24) is 14.8 Å². The highest BCUT2D eigenvalue weighted by Gasteiger charge is 2.26. The van der Waals surface area contributed by atoms with E-state index in [-0.39, 0.29) is 0 Å². The first-order chi connectivity index (χ1) is 21.8. The molecule has 1 aliphatic carbocycles. The van der Waals surface area contributed by atoms with Gasteiger partial charge >= 0.3 is 0 Å². The molecule has 0 amide bonds. The largest absolute Gasteiger partial charge is 0.416 e. The summed E-state index contributed by atoms with van der Waals surface area (Å²) < 4.78 is 12.6. The molecule has 0 bridgehead atoms. The Kier molecular flexibility index (Phi) is 5.12. The molecule has 4 nitrogen and oxygen atoms in total. The second-order valence-electron chi connectivity index (χ2n) is 11.3. The summed E-state index contributed by atoms with van der Waals surface area (Å²) in [5.74, 6) is 1.04. The molecule has 0 saturated carbocycles. The van der Waals surface area contributed by atoms with Crippen LogP contribution >= 0.6 is 22.7 Å².